The van der Waals surface area contributed by atoms with Gasteiger partial charge in [-0.3, -0.25) is 4.79 Å². The van der Waals surface area contributed by atoms with E-state index in [-0.39, 0.29) is 5.97 Å². The van der Waals surface area contributed by atoms with Gasteiger partial charge in [0.05, 0.1) is 7.11 Å². The van der Waals surface area contributed by atoms with E-state index in [1.807, 2.05) is 18.2 Å². The molecule has 0 bridgehead atoms. The lowest BCUT2D eigenvalue weighted by Crippen LogP contribution is -2.43. The van der Waals surface area contributed by atoms with Gasteiger partial charge in [-0.05, 0) is 30.4 Å². The Bertz CT molecular complexity index is 533. The fraction of sp³-hybridized carbons (Fsp3) is 0.357. The number of hydrogen-bond acceptors (Lipinski definition) is 2. The van der Waals surface area contributed by atoms with E-state index in [0.717, 1.165) is 35.9 Å². The van der Waals surface area contributed by atoms with Crippen LogP contribution in [0.25, 0.3) is 10.9 Å². The topological polar surface area (TPSA) is 42.1 Å². The van der Waals surface area contributed by atoms with Crippen LogP contribution in [0, 0.1) is 0 Å². The molecule has 0 unspecified atom stereocenters. The second kappa shape index (κ2) is 3.62. The Balaban J connectivity index is 2.10. The van der Waals surface area contributed by atoms with Crippen molar-refractivity contribution in [3.8, 4) is 0 Å². The minimum absolute atomic E-state index is 0.115. The van der Waals surface area contributed by atoms with Gasteiger partial charge in [-0.2, -0.15) is 0 Å². The number of aromatic nitrogens is 1. The third-order valence-electron chi connectivity index (χ3n) is 3.83. The summed E-state index contributed by atoms with van der Waals surface area (Å²) in [5.74, 6) is -0.115. The van der Waals surface area contributed by atoms with Crippen molar-refractivity contribution < 1.29 is 9.53 Å². The molecular formula is C14H15NO2. The molecule has 3 heteroatoms. The van der Waals surface area contributed by atoms with Crippen LogP contribution in [-0.2, 0) is 14.9 Å². The number of carbonyl (C=O) groups excluding carboxylic acids is 1. The van der Waals surface area contributed by atoms with Gasteiger partial charge in [-0.25, -0.2) is 0 Å². The van der Waals surface area contributed by atoms with E-state index in [9.17, 15) is 4.79 Å². The normalized spacial score (nSPS) is 17.7. The minimum Gasteiger partial charge on any atom is -0.468 e. The first-order valence-electron chi connectivity index (χ1n) is 5.93. The highest BCUT2D eigenvalue weighted by molar-refractivity contribution is 5.88. The number of hydrogen-bond donors (Lipinski definition) is 1. The predicted molar refractivity (Wildman–Crippen MR) is 65.8 cm³/mol. The Labute approximate surface area is 99.8 Å². The maximum absolute atomic E-state index is 12.0. The zero-order valence-corrected chi connectivity index (χ0v) is 9.82. The van der Waals surface area contributed by atoms with Gasteiger partial charge in [0.1, 0.15) is 5.41 Å². The molecular weight excluding hydrogens is 214 g/mol. The molecule has 3 nitrogen and oxygen atoms in total. The zero-order chi connectivity index (χ0) is 11.9. The van der Waals surface area contributed by atoms with Crippen molar-refractivity contribution in [3.63, 3.8) is 0 Å². The number of aromatic amines is 1. The number of carbonyl (C=O) groups is 1. The summed E-state index contributed by atoms with van der Waals surface area (Å²) in [4.78, 5) is 15.3. The average molecular weight is 229 g/mol. The minimum atomic E-state index is -0.423. The SMILES string of the molecule is COC(=O)C1(c2cc3ccccc3[nH]2)CCC1. The summed E-state index contributed by atoms with van der Waals surface area (Å²) in [6, 6.07) is 10.2. The number of para-hydroxylation sites is 1. The van der Waals surface area contributed by atoms with Gasteiger partial charge in [0.25, 0.3) is 0 Å². The molecule has 1 aromatic heterocycles. The Morgan fingerprint density at radius 2 is 2.12 bits per heavy atom. The lowest BCUT2D eigenvalue weighted by atomic mass is 9.66. The Hall–Kier alpha value is -1.77. The van der Waals surface area contributed by atoms with Gasteiger partial charge in [0.15, 0.2) is 0 Å². The molecule has 17 heavy (non-hydrogen) atoms. The highest BCUT2D eigenvalue weighted by atomic mass is 16.5. The molecule has 0 spiro atoms. The Kier molecular flexibility index (Phi) is 2.21. The molecule has 3 rings (SSSR count). The molecule has 1 fully saturated rings. The highest BCUT2D eigenvalue weighted by Crippen LogP contribution is 2.44. The van der Waals surface area contributed by atoms with E-state index >= 15 is 0 Å². The van der Waals surface area contributed by atoms with E-state index in [1.165, 1.54) is 7.11 Å². The first-order valence-corrected chi connectivity index (χ1v) is 5.93. The van der Waals surface area contributed by atoms with E-state index in [4.69, 9.17) is 4.74 Å². The number of H-pyrrole nitrogens is 1. The van der Waals surface area contributed by atoms with E-state index in [1.54, 1.807) is 0 Å². The number of esters is 1. The average Bonchev–Trinajstić information content (AvgIpc) is 2.70. The van der Waals surface area contributed by atoms with E-state index in [0.29, 0.717) is 0 Å². The van der Waals surface area contributed by atoms with Crippen molar-refractivity contribution in [2.45, 2.75) is 24.7 Å². The fourth-order valence-electron chi connectivity index (χ4n) is 2.64. The molecule has 0 atom stereocenters. The van der Waals surface area contributed by atoms with Crippen molar-refractivity contribution in [2.24, 2.45) is 0 Å². The van der Waals surface area contributed by atoms with Crippen molar-refractivity contribution in [1.82, 2.24) is 4.98 Å². The van der Waals surface area contributed by atoms with Gasteiger partial charge >= 0.3 is 5.97 Å². The van der Waals surface area contributed by atoms with Crippen LogP contribution < -0.4 is 0 Å². The van der Waals surface area contributed by atoms with Gasteiger partial charge < -0.3 is 9.72 Å². The maximum Gasteiger partial charge on any atom is 0.317 e. The molecule has 0 saturated heterocycles. The van der Waals surface area contributed by atoms with Crippen molar-refractivity contribution >= 4 is 16.9 Å². The molecule has 0 radical (unpaired) electrons. The van der Waals surface area contributed by atoms with E-state index < -0.39 is 5.41 Å². The molecule has 1 saturated carbocycles. The van der Waals surface area contributed by atoms with Crippen LogP contribution in [0.1, 0.15) is 25.0 Å². The molecule has 0 amide bonds. The third kappa shape index (κ3) is 1.38. The maximum atomic E-state index is 12.0. The van der Waals surface area contributed by atoms with E-state index in [2.05, 4.69) is 17.1 Å². The summed E-state index contributed by atoms with van der Waals surface area (Å²) in [7, 11) is 1.46. The number of methoxy groups -OCH3 is 1. The summed E-state index contributed by atoms with van der Waals surface area (Å²) < 4.78 is 4.95. The zero-order valence-electron chi connectivity index (χ0n) is 9.82. The van der Waals surface area contributed by atoms with Gasteiger partial charge in [0, 0.05) is 11.2 Å². The summed E-state index contributed by atoms with van der Waals surface area (Å²) >= 11 is 0. The summed E-state index contributed by atoms with van der Waals surface area (Å²) in [6.45, 7) is 0. The van der Waals surface area contributed by atoms with Crippen LogP contribution in [0.4, 0.5) is 0 Å². The number of nitrogens with one attached hydrogen (secondary N) is 1. The van der Waals surface area contributed by atoms with Crippen molar-refractivity contribution in [1.29, 1.82) is 0 Å². The first-order chi connectivity index (χ1) is 8.26. The summed E-state index contributed by atoms with van der Waals surface area (Å²) in [6.07, 6.45) is 2.85. The molecule has 1 heterocycles. The van der Waals surface area contributed by atoms with Crippen LogP contribution in [0.5, 0.6) is 0 Å². The second-order valence-electron chi connectivity index (χ2n) is 4.70. The van der Waals surface area contributed by atoms with Gasteiger partial charge in [0.2, 0.25) is 0 Å². The fourth-order valence-corrected chi connectivity index (χ4v) is 2.64. The lowest BCUT2D eigenvalue weighted by molar-refractivity contribution is -0.151. The Morgan fingerprint density at radius 1 is 1.35 bits per heavy atom. The Morgan fingerprint density at radius 3 is 2.71 bits per heavy atom. The van der Waals surface area contributed by atoms with Crippen LogP contribution >= 0.6 is 0 Å². The number of fused-ring (bicyclic) bond motifs is 1. The van der Waals surface area contributed by atoms with Crippen LogP contribution in [-0.4, -0.2) is 18.1 Å². The van der Waals surface area contributed by atoms with Gasteiger partial charge in [-0.1, -0.05) is 24.6 Å². The number of benzene rings is 1. The monoisotopic (exact) mass is 229 g/mol. The molecule has 88 valence electrons. The summed E-state index contributed by atoms with van der Waals surface area (Å²) in [5, 5.41) is 1.15. The number of ether oxygens (including phenoxy) is 1. The quantitative estimate of drug-likeness (QED) is 0.804. The first kappa shape index (κ1) is 10.4. The summed E-state index contributed by atoms with van der Waals surface area (Å²) in [5.41, 5.74) is 1.66. The molecule has 1 aliphatic rings. The highest BCUT2D eigenvalue weighted by Gasteiger charge is 2.47. The molecule has 2 aromatic rings. The third-order valence-corrected chi connectivity index (χ3v) is 3.83. The molecule has 1 aliphatic carbocycles. The van der Waals surface area contributed by atoms with Gasteiger partial charge in [-0.15, -0.1) is 0 Å². The standard InChI is InChI=1S/C14H15NO2/c1-17-13(16)14(7-4-8-14)12-9-10-5-2-3-6-11(10)15-12/h2-3,5-6,9,15H,4,7-8H2,1H3. The largest absolute Gasteiger partial charge is 0.468 e. The second-order valence-corrected chi connectivity index (χ2v) is 4.70. The van der Waals surface area contributed by atoms with Crippen molar-refractivity contribution in [3.05, 3.63) is 36.0 Å². The van der Waals surface area contributed by atoms with Crippen molar-refractivity contribution in [2.75, 3.05) is 7.11 Å². The van der Waals surface area contributed by atoms with Crippen LogP contribution in [0.2, 0.25) is 0 Å². The number of rotatable bonds is 2. The molecule has 0 aliphatic heterocycles. The smallest absolute Gasteiger partial charge is 0.317 e. The lowest BCUT2D eigenvalue weighted by Gasteiger charge is -2.38. The molecule has 1 N–H and O–H groups in total. The van der Waals surface area contributed by atoms with Crippen LogP contribution in [0.15, 0.2) is 30.3 Å². The van der Waals surface area contributed by atoms with Crippen LogP contribution in [0.3, 0.4) is 0 Å². The molecule has 1 aromatic carbocycles. The predicted octanol–water partition coefficient (Wildman–Crippen LogP) is 2.76.